The van der Waals surface area contributed by atoms with Crippen molar-refractivity contribution in [3.63, 3.8) is 0 Å². The molecule has 3 N–H and O–H groups in total. The lowest BCUT2D eigenvalue weighted by molar-refractivity contribution is 0.1000. The quantitative estimate of drug-likeness (QED) is 0.909. The fraction of sp³-hybridized carbons (Fsp3) is 0.250. The van der Waals surface area contributed by atoms with Crippen LogP contribution in [0.4, 0.5) is 5.82 Å². The summed E-state index contributed by atoms with van der Waals surface area (Å²) in [7, 11) is 0. The Morgan fingerprint density at radius 2 is 2.27 bits per heavy atom. The van der Waals surface area contributed by atoms with Crippen molar-refractivity contribution in [3.05, 3.63) is 52.7 Å². The Morgan fingerprint density at radius 3 is 3.05 bits per heavy atom. The molecule has 1 aromatic heterocycles. The first-order valence-electron chi connectivity index (χ1n) is 7.06. The predicted molar refractivity (Wildman–Crippen MR) is 85.5 cm³/mol. The molecule has 1 atom stereocenters. The number of carbonyl (C=O) groups is 1. The number of primary amides is 1. The molecule has 3 rings (SSSR count). The Balaban J connectivity index is 1.72. The number of hydrogen-bond donors (Lipinski definition) is 2. The molecule has 0 aliphatic carbocycles. The van der Waals surface area contributed by atoms with E-state index in [0.29, 0.717) is 35.5 Å². The fourth-order valence-corrected chi connectivity index (χ4v) is 2.78. The van der Waals surface area contributed by atoms with Crippen LogP contribution in [0.15, 0.2) is 36.5 Å². The molecule has 2 aromatic rings. The lowest BCUT2D eigenvalue weighted by atomic mass is 9.93. The van der Waals surface area contributed by atoms with Gasteiger partial charge in [0.25, 0.3) is 0 Å². The number of amides is 1. The van der Waals surface area contributed by atoms with Crippen LogP contribution >= 0.6 is 11.6 Å². The van der Waals surface area contributed by atoms with E-state index < -0.39 is 5.91 Å². The molecule has 0 radical (unpaired) electrons. The molecule has 1 amide bonds. The molecule has 1 aromatic carbocycles. The van der Waals surface area contributed by atoms with Gasteiger partial charge in [0.05, 0.1) is 17.2 Å². The molecule has 0 saturated carbocycles. The number of aromatic nitrogens is 1. The topological polar surface area (TPSA) is 77.2 Å². The number of benzene rings is 1. The van der Waals surface area contributed by atoms with Crippen LogP contribution in [0.5, 0.6) is 5.75 Å². The highest BCUT2D eigenvalue weighted by molar-refractivity contribution is 6.33. The number of carbonyl (C=O) groups excluding carboxylic acids is 1. The maximum absolute atomic E-state index is 11.1. The number of fused-ring (bicyclic) bond motifs is 1. The number of hydrogen-bond acceptors (Lipinski definition) is 4. The first-order valence-corrected chi connectivity index (χ1v) is 7.44. The van der Waals surface area contributed by atoms with Gasteiger partial charge in [0.2, 0.25) is 5.91 Å². The second kappa shape index (κ2) is 6.23. The molecular weight excluding hydrogens is 302 g/mol. The standard InChI is InChI=1S/C16H16ClN3O2/c17-13-7-11(15(18)21)9-20-16(13)19-8-10-5-6-22-14-4-2-1-3-12(10)14/h1-4,7,9-10H,5-6,8H2,(H2,18,21)(H,19,20). The van der Waals surface area contributed by atoms with Crippen LogP contribution in [0.1, 0.15) is 28.3 Å². The van der Waals surface area contributed by atoms with Crippen molar-refractivity contribution in [1.82, 2.24) is 4.98 Å². The average Bonchev–Trinajstić information content (AvgIpc) is 2.53. The third-order valence-corrected chi connectivity index (χ3v) is 4.01. The fourth-order valence-electron chi connectivity index (χ4n) is 2.55. The molecule has 1 unspecified atom stereocenters. The first-order chi connectivity index (χ1) is 10.6. The van der Waals surface area contributed by atoms with Crippen molar-refractivity contribution < 1.29 is 9.53 Å². The predicted octanol–water partition coefficient (Wildman–Crippen LogP) is 2.81. The molecule has 6 heteroatoms. The first kappa shape index (κ1) is 14.7. The Hall–Kier alpha value is -2.27. The molecule has 5 nitrogen and oxygen atoms in total. The van der Waals surface area contributed by atoms with Crippen LogP contribution in [0, 0.1) is 0 Å². The summed E-state index contributed by atoms with van der Waals surface area (Å²) in [5.41, 5.74) is 6.69. The zero-order valence-electron chi connectivity index (χ0n) is 11.9. The van der Waals surface area contributed by atoms with Crippen molar-refractivity contribution in [2.24, 2.45) is 5.73 Å². The second-order valence-corrected chi connectivity index (χ2v) is 5.58. The molecule has 114 valence electrons. The zero-order valence-corrected chi connectivity index (χ0v) is 12.6. The van der Waals surface area contributed by atoms with Crippen molar-refractivity contribution in [2.45, 2.75) is 12.3 Å². The number of rotatable bonds is 4. The minimum atomic E-state index is -0.542. The number of ether oxygens (including phenoxy) is 1. The molecule has 1 aliphatic rings. The molecule has 2 heterocycles. The van der Waals surface area contributed by atoms with Gasteiger partial charge in [0, 0.05) is 18.7 Å². The van der Waals surface area contributed by atoms with Crippen LogP contribution in [0.25, 0.3) is 0 Å². The van der Waals surface area contributed by atoms with E-state index in [1.807, 2.05) is 18.2 Å². The Kier molecular flexibility index (Phi) is 4.15. The van der Waals surface area contributed by atoms with Crippen molar-refractivity contribution >= 4 is 23.3 Å². The third-order valence-electron chi connectivity index (χ3n) is 3.72. The van der Waals surface area contributed by atoms with Gasteiger partial charge in [-0.25, -0.2) is 4.98 Å². The van der Waals surface area contributed by atoms with Crippen LogP contribution in [-0.4, -0.2) is 24.0 Å². The van der Waals surface area contributed by atoms with E-state index in [-0.39, 0.29) is 0 Å². The summed E-state index contributed by atoms with van der Waals surface area (Å²) >= 11 is 6.13. The number of nitrogens with zero attached hydrogens (tertiary/aromatic N) is 1. The minimum Gasteiger partial charge on any atom is -0.493 e. The van der Waals surface area contributed by atoms with Crippen molar-refractivity contribution in [3.8, 4) is 5.75 Å². The number of anilines is 1. The summed E-state index contributed by atoms with van der Waals surface area (Å²) in [6.07, 6.45) is 2.36. The maximum Gasteiger partial charge on any atom is 0.250 e. The number of nitrogens with one attached hydrogen (secondary N) is 1. The monoisotopic (exact) mass is 317 g/mol. The summed E-state index contributed by atoms with van der Waals surface area (Å²) in [4.78, 5) is 15.3. The lowest BCUT2D eigenvalue weighted by Crippen LogP contribution is -2.21. The number of halogens is 1. The van der Waals surface area contributed by atoms with Gasteiger partial charge < -0.3 is 15.8 Å². The van der Waals surface area contributed by atoms with Gasteiger partial charge >= 0.3 is 0 Å². The third kappa shape index (κ3) is 2.99. The molecule has 0 saturated heterocycles. The van der Waals surface area contributed by atoms with Gasteiger partial charge in [-0.05, 0) is 24.1 Å². The van der Waals surface area contributed by atoms with Crippen molar-refractivity contribution in [1.29, 1.82) is 0 Å². The minimum absolute atomic E-state index is 0.298. The Labute approximate surface area is 133 Å². The highest BCUT2D eigenvalue weighted by Crippen LogP contribution is 2.33. The summed E-state index contributed by atoms with van der Waals surface area (Å²) < 4.78 is 5.65. The van der Waals surface area contributed by atoms with Gasteiger partial charge in [-0.15, -0.1) is 0 Å². The summed E-state index contributed by atoms with van der Waals surface area (Å²) in [6.45, 7) is 1.40. The summed E-state index contributed by atoms with van der Waals surface area (Å²) in [5, 5.41) is 3.62. The molecule has 0 bridgehead atoms. The van der Waals surface area contributed by atoms with E-state index >= 15 is 0 Å². The smallest absolute Gasteiger partial charge is 0.250 e. The highest BCUT2D eigenvalue weighted by Gasteiger charge is 2.21. The van der Waals surface area contributed by atoms with Crippen LogP contribution in [0.3, 0.4) is 0 Å². The number of para-hydroxylation sites is 1. The Morgan fingerprint density at radius 1 is 1.45 bits per heavy atom. The van der Waals surface area contributed by atoms with E-state index in [2.05, 4.69) is 16.4 Å². The molecule has 0 spiro atoms. The lowest BCUT2D eigenvalue weighted by Gasteiger charge is -2.26. The van der Waals surface area contributed by atoms with E-state index in [4.69, 9.17) is 22.1 Å². The molecule has 0 fully saturated rings. The van der Waals surface area contributed by atoms with Gasteiger partial charge in [-0.1, -0.05) is 29.8 Å². The zero-order chi connectivity index (χ0) is 15.5. The van der Waals surface area contributed by atoms with Gasteiger partial charge in [-0.3, -0.25) is 4.79 Å². The van der Waals surface area contributed by atoms with Gasteiger partial charge in [0.15, 0.2) is 0 Å². The van der Waals surface area contributed by atoms with Gasteiger partial charge in [-0.2, -0.15) is 0 Å². The summed E-state index contributed by atoms with van der Waals surface area (Å²) in [6, 6.07) is 9.56. The summed E-state index contributed by atoms with van der Waals surface area (Å²) in [5.74, 6) is 1.28. The molecule has 22 heavy (non-hydrogen) atoms. The number of nitrogens with two attached hydrogens (primary N) is 1. The number of pyridine rings is 1. The van der Waals surface area contributed by atoms with E-state index in [1.165, 1.54) is 17.8 Å². The average molecular weight is 318 g/mol. The van der Waals surface area contributed by atoms with Crippen molar-refractivity contribution in [2.75, 3.05) is 18.5 Å². The van der Waals surface area contributed by atoms with Crippen LogP contribution < -0.4 is 15.8 Å². The molecular formula is C16H16ClN3O2. The second-order valence-electron chi connectivity index (χ2n) is 5.17. The van der Waals surface area contributed by atoms with E-state index in [0.717, 1.165) is 12.2 Å². The SMILES string of the molecule is NC(=O)c1cnc(NCC2CCOc3ccccc32)c(Cl)c1. The molecule has 1 aliphatic heterocycles. The largest absolute Gasteiger partial charge is 0.493 e. The Bertz CT molecular complexity index is 706. The van der Waals surface area contributed by atoms with Crippen LogP contribution in [0.2, 0.25) is 5.02 Å². The normalized spacial score (nSPS) is 16.5. The van der Waals surface area contributed by atoms with E-state index in [1.54, 1.807) is 0 Å². The maximum atomic E-state index is 11.1. The van der Waals surface area contributed by atoms with E-state index in [9.17, 15) is 4.79 Å². The van der Waals surface area contributed by atoms with Crippen LogP contribution in [-0.2, 0) is 0 Å². The van der Waals surface area contributed by atoms with Gasteiger partial charge in [0.1, 0.15) is 11.6 Å². The highest BCUT2D eigenvalue weighted by atomic mass is 35.5.